The van der Waals surface area contributed by atoms with E-state index in [0.29, 0.717) is 5.92 Å². The molecule has 0 heterocycles. The molecule has 3 atom stereocenters. The summed E-state index contributed by atoms with van der Waals surface area (Å²) in [6.07, 6.45) is 16.2. The van der Waals surface area contributed by atoms with Crippen molar-refractivity contribution in [2.24, 2.45) is 27.6 Å². The quantitative estimate of drug-likeness (QED) is 0.247. The van der Waals surface area contributed by atoms with Crippen molar-refractivity contribution in [3.05, 3.63) is 144 Å². The van der Waals surface area contributed by atoms with Gasteiger partial charge in [-0.05, 0) is 0 Å². The van der Waals surface area contributed by atoms with Gasteiger partial charge in [0.2, 0.25) is 0 Å². The molecule has 0 amide bonds. The second-order valence-electron chi connectivity index (χ2n) is 18.1. The van der Waals surface area contributed by atoms with Crippen molar-refractivity contribution in [2.45, 2.75) is 84.2 Å². The van der Waals surface area contributed by atoms with Crippen molar-refractivity contribution in [3.8, 4) is 0 Å². The van der Waals surface area contributed by atoms with Crippen LogP contribution in [0.15, 0.2) is 123 Å². The van der Waals surface area contributed by atoms with Crippen molar-refractivity contribution in [1.82, 2.24) is 0 Å². The van der Waals surface area contributed by atoms with Gasteiger partial charge in [0, 0.05) is 0 Å². The zero-order valence-corrected chi connectivity index (χ0v) is 35.2. The van der Waals surface area contributed by atoms with E-state index in [1.807, 2.05) is 12.1 Å². The molecule has 0 nitrogen and oxygen atoms in total. The van der Waals surface area contributed by atoms with Crippen molar-refractivity contribution in [2.75, 3.05) is 0 Å². The minimum atomic E-state index is -5.32. The van der Waals surface area contributed by atoms with Gasteiger partial charge in [0.25, 0.3) is 0 Å². The summed E-state index contributed by atoms with van der Waals surface area (Å²) in [5, 5.41) is 1.55. The van der Waals surface area contributed by atoms with E-state index in [0.717, 1.165) is 35.7 Å². The fraction of sp³-hybridized carbons (Fsp3) is 0.383. The Bertz CT molecular complexity index is 2160. The topological polar surface area (TPSA) is 0 Å². The molecule has 3 heteroatoms. The molecule has 0 bridgehead atoms. The Morgan fingerprint density at radius 2 is 1.38 bits per heavy atom. The first-order chi connectivity index (χ1) is 23.5. The predicted octanol–water partition coefficient (Wildman–Crippen LogP) is 12.5. The summed E-state index contributed by atoms with van der Waals surface area (Å²) < 4.78 is 9.78. The van der Waals surface area contributed by atoms with Crippen LogP contribution in [0.5, 0.6) is 0 Å². The van der Waals surface area contributed by atoms with E-state index >= 15 is 0 Å². The molecule has 8 rings (SSSR count). The third-order valence-electron chi connectivity index (χ3n) is 16.7. The molecule has 3 unspecified atom stereocenters. The van der Waals surface area contributed by atoms with Gasteiger partial charge in [0.05, 0.1) is 0 Å². The molecule has 258 valence electrons. The van der Waals surface area contributed by atoms with Crippen molar-refractivity contribution in [1.29, 1.82) is 0 Å². The van der Waals surface area contributed by atoms with Crippen molar-refractivity contribution >= 4 is 39.5 Å². The zero-order chi connectivity index (χ0) is 35.7. The van der Waals surface area contributed by atoms with Gasteiger partial charge in [-0.1, -0.05) is 0 Å². The first-order valence-electron chi connectivity index (χ1n) is 18.6. The van der Waals surface area contributed by atoms with Crippen LogP contribution >= 0.6 is 23.2 Å². The molecule has 3 aromatic carbocycles. The summed E-state index contributed by atoms with van der Waals surface area (Å²) in [4.78, 5) is 0. The number of rotatable bonds is 4. The first-order valence-corrected chi connectivity index (χ1v) is 26.1. The number of hydrogen-bond acceptors (Lipinski definition) is 0. The van der Waals surface area contributed by atoms with Crippen molar-refractivity contribution in [3.63, 3.8) is 0 Å². The molecule has 1 saturated carbocycles. The summed E-state index contributed by atoms with van der Waals surface area (Å²) in [6.45, 7) is 21.0. The van der Waals surface area contributed by atoms with E-state index < -0.39 is 18.3 Å². The Balaban J connectivity index is 1.68. The maximum absolute atomic E-state index is 7.12. The standard InChI is InChI=1S/C29H37.2C6H4Cl.C5H5.CH2.Zr/c1-18-25-22-17-19-13-9-10-14-20(19)24(22)21-15-11-12-16-23(21)29(25,8)28(6,7)27(4,5)26(18,2)3;2*7-6-4-2-1-3-5-6;1-2-4-5-3-1;;/h9-11,13-15,23H,12,16-17H2,1-8H3;2*1-2,4-5H;1-3H,4H2;1H2;. The molecular formula is C47H52Cl2Zr. The van der Waals surface area contributed by atoms with Crippen LogP contribution in [-0.2, 0) is 24.7 Å². The molecular weight excluding hydrogens is 727 g/mol. The summed E-state index contributed by atoms with van der Waals surface area (Å²) in [5.41, 5.74) is 8.61. The van der Waals surface area contributed by atoms with E-state index in [1.165, 1.54) is 26.5 Å². The van der Waals surface area contributed by atoms with E-state index in [9.17, 15) is 0 Å². The summed E-state index contributed by atoms with van der Waals surface area (Å²) in [5.74, 6) is 0.388. The monoisotopic (exact) mass is 776 g/mol. The Morgan fingerprint density at radius 1 is 0.740 bits per heavy atom. The summed E-state index contributed by atoms with van der Waals surface area (Å²) >= 11 is 8.92. The zero-order valence-electron chi connectivity index (χ0n) is 31.2. The van der Waals surface area contributed by atoms with Crippen LogP contribution in [-0.4, -0.2) is 4.21 Å². The number of fused-ring (bicyclic) bond motifs is 6. The van der Waals surface area contributed by atoms with E-state index in [1.54, 1.807) is 16.7 Å². The average molecular weight is 779 g/mol. The second-order valence-corrected chi connectivity index (χ2v) is 33.0. The Labute approximate surface area is 311 Å². The van der Waals surface area contributed by atoms with Gasteiger partial charge < -0.3 is 0 Å². The van der Waals surface area contributed by atoms with Gasteiger partial charge >= 0.3 is 314 Å². The molecule has 0 spiro atoms. The Morgan fingerprint density at radius 3 is 1.98 bits per heavy atom. The fourth-order valence-corrected chi connectivity index (χ4v) is 34.4. The molecule has 5 aliphatic rings. The molecule has 50 heavy (non-hydrogen) atoms. The van der Waals surface area contributed by atoms with Crippen LogP contribution < -0.4 is 6.54 Å². The van der Waals surface area contributed by atoms with Gasteiger partial charge in [-0.25, -0.2) is 0 Å². The Kier molecular flexibility index (Phi) is 7.56. The van der Waals surface area contributed by atoms with Crippen LogP contribution in [0.2, 0.25) is 13.2 Å². The minimum absolute atomic E-state index is 0.0639. The predicted molar refractivity (Wildman–Crippen MR) is 215 cm³/mol. The number of hydrogen-bond donors (Lipinski definition) is 0. The normalized spacial score (nSPS) is 28.9. The van der Waals surface area contributed by atoms with Crippen molar-refractivity contribution < 1.29 is 18.3 Å². The van der Waals surface area contributed by atoms with E-state index in [2.05, 4.69) is 146 Å². The molecule has 3 aromatic rings. The first kappa shape index (κ1) is 34.8. The van der Waals surface area contributed by atoms with Gasteiger partial charge in [-0.2, -0.15) is 0 Å². The van der Waals surface area contributed by atoms with Gasteiger partial charge in [0.15, 0.2) is 0 Å². The van der Waals surface area contributed by atoms with Crippen LogP contribution in [0.4, 0.5) is 0 Å². The summed E-state index contributed by atoms with van der Waals surface area (Å²) in [7, 11) is 0. The molecule has 0 saturated heterocycles. The molecule has 0 aliphatic heterocycles. The van der Waals surface area contributed by atoms with Gasteiger partial charge in [0.1, 0.15) is 0 Å². The molecule has 0 aromatic heterocycles. The van der Waals surface area contributed by atoms with Gasteiger partial charge in [-0.15, -0.1) is 0 Å². The van der Waals surface area contributed by atoms with Crippen LogP contribution in [0.25, 0.3) is 5.57 Å². The summed E-state index contributed by atoms with van der Waals surface area (Å²) in [6, 6.07) is 27.0. The fourth-order valence-electron chi connectivity index (χ4n) is 12.9. The maximum atomic E-state index is 7.12. The molecule has 0 radical (unpaired) electrons. The molecule has 0 N–H and O–H groups in total. The van der Waals surface area contributed by atoms with E-state index in [-0.39, 0.29) is 24.8 Å². The van der Waals surface area contributed by atoms with Gasteiger partial charge in [-0.3, -0.25) is 0 Å². The van der Waals surface area contributed by atoms with E-state index in [4.69, 9.17) is 27.4 Å². The van der Waals surface area contributed by atoms with Crippen LogP contribution in [0.1, 0.15) is 85.8 Å². The second kappa shape index (κ2) is 10.9. The number of benzene rings is 3. The Hall–Kier alpha value is -2.31. The third-order valence-corrected chi connectivity index (χ3v) is 37.0. The number of halogens is 2. The average Bonchev–Trinajstić information content (AvgIpc) is 3.77. The molecule has 5 aliphatic carbocycles. The molecule has 1 fully saturated rings. The van der Waals surface area contributed by atoms with Crippen LogP contribution in [0, 0.1) is 27.6 Å². The van der Waals surface area contributed by atoms with Crippen LogP contribution in [0.3, 0.4) is 0 Å². The SMILES string of the molecule is [CH2]=[Zr]([C]1=CC=CC1)([c]1cccc(Cl)c1)([c]1cccc(Cl)c1)[C]1(C)C2=C3Cc4ccccc4C3=C3C=CCCC3C2(C)C(C)(C)C(C)(C)C1(C)C. The number of allylic oxidation sites excluding steroid dienone is 10. The third kappa shape index (κ3) is 3.72.